The minimum Gasteiger partial charge on any atom is -0.494 e. The highest BCUT2D eigenvalue weighted by Gasteiger charge is 2.08. The first-order valence-corrected chi connectivity index (χ1v) is 8.36. The predicted molar refractivity (Wildman–Crippen MR) is 116 cm³/mol. The molecular weight excluding hydrogens is 464 g/mol. The molecule has 0 bridgehead atoms. The summed E-state index contributed by atoms with van der Waals surface area (Å²) in [4.78, 5) is 4.24. The molecule has 0 aliphatic heterocycles. The summed E-state index contributed by atoms with van der Waals surface area (Å²) in [7, 11) is 1.42. The van der Waals surface area contributed by atoms with Crippen molar-refractivity contribution in [3.63, 3.8) is 0 Å². The molecule has 0 saturated heterocycles. The molecule has 0 aliphatic carbocycles. The van der Waals surface area contributed by atoms with Crippen molar-refractivity contribution in [1.82, 2.24) is 0 Å². The van der Waals surface area contributed by atoms with Gasteiger partial charge >= 0.3 is 0 Å². The molecule has 0 aliphatic rings. The number of hydrogen-bond donors (Lipinski definition) is 2. The third-order valence-corrected chi connectivity index (χ3v) is 3.47. The fourth-order valence-corrected chi connectivity index (χ4v) is 2.31. The van der Waals surface area contributed by atoms with Gasteiger partial charge in [-0.2, -0.15) is 0 Å². The number of rotatable bonds is 8. The van der Waals surface area contributed by atoms with E-state index in [9.17, 15) is 4.39 Å². The van der Waals surface area contributed by atoms with Gasteiger partial charge in [-0.15, -0.1) is 24.0 Å². The molecule has 0 amide bonds. The molecule has 0 radical (unpaired) electrons. The second kappa shape index (κ2) is 11.5. The molecule has 2 aromatic carbocycles. The Balaban J connectivity index is 0.00000364. The minimum absolute atomic E-state index is 0. The fourth-order valence-electron chi connectivity index (χ4n) is 2.31. The van der Waals surface area contributed by atoms with E-state index in [4.69, 9.17) is 19.9 Å². The number of anilines is 1. The van der Waals surface area contributed by atoms with Crippen LogP contribution in [0, 0.1) is 5.82 Å². The second-order valence-corrected chi connectivity index (χ2v) is 5.32. The molecule has 148 valence electrons. The number of ether oxygens (including phenoxy) is 3. The van der Waals surface area contributed by atoms with Crippen molar-refractivity contribution in [2.75, 3.05) is 25.6 Å². The first-order chi connectivity index (χ1) is 12.6. The predicted octanol–water partition coefficient (Wildman–Crippen LogP) is 4.18. The summed E-state index contributed by atoms with van der Waals surface area (Å²) in [5.41, 5.74) is 7.30. The Morgan fingerprint density at radius 1 is 1.07 bits per heavy atom. The maximum absolute atomic E-state index is 13.7. The monoisotopic (exact) mass is 489 g/mol. The van der Waals surface area contributed by atoms with Crippen LogP contribution in [-0.4, -0.2) is 26.3 Å². The Kier molecular flexibility index (Phi) is 9.70. The summed E-state index contributed by atoms with van der Waals surface area (Å²) < 4.78 is 29.7. The van der Waals surface area contributed by atoms with E-state index >= 15 is 0 Å². The van der Waals surface area contributed by atoms with Crippen molar-refractivity contribution >= 4 is 35.6 Å². The molecule has 3 N–H and O–H groups in total. The molecule has 8 heteroatoms. The van der Waals surface area contributed by atoms with Crippen LogP contribution < -0.4 is 25.3 Å². The van der Waals surface area contributed by atoms with Crippen molar-refractivity contribution in [1.29, 1.82) is 0 Å². The van der Waals surface area contributed by atoms with Crippen LogP contribution in [0.3, 0.4) is 0 Å². The number of nitrogens with one attached hydrogen (secondary N) is 1. The van der Waals surface area contributed by atoms with E-state index < -0.39 is 5.82 Å². The smallest absolute Gasteiger partial charge is 0.193 e. The molecule has 0 spiro atoms. The van der Waals surface area contributed by atoms with Gasteiger partial charge in [-0.25, -0.2) is 9.38 Å². The molecular formula is C19H25FIN3O3. The van der Waals surface area contributed by atoms with Gasteiger partial charge in [-0.1, -0.05) is 6.07 Å². The topological polar surface area (TPSA) is 78.1 Å². The number of nitrogens with two attached hydrogens (primary N) is 1. The second-order valence-electron chi connectivity index (χ2n) is 5.32. The number of halogens is 2. The van der Waals surface area contributed by atoms with Crippen LogP contribution in [0.4, 0.5) is 10.1 Å². The third-order valence-electron chi connectivity index (χ3n) is 3.47. The summed E-state index contributed by atoms with van der Waals surface area (Å²) in [6.45, 7) is 5.11. The van der Waals surface area contributed by atoms with Crippen molar-refractivity contribution in [3.8, 4) is 17.2 Å². The molecule has 2 aromatic rings. The lowest BCUT2D eigenvalue weighted by molar-refractivity contribution is 0.332. The Morgan fingerprint density at radius 2 is 1.78 bits per heavy atom. The summed E-state index contributed by atoms with van der Waals surface area (Å²) in [6, 6.07) is 10.1. The molecule has 0 atom stereocenters. The quantitative estimate of drug-likeness (QED) is 0.331. The van der Waals surface area contributed by atoms with E-state index in [-0.39, 0.29) is 42.2 Å². The van der Waals surface area contributed by atoms with Gasteiger partial charge in [-0.3, -0.25) is 0 Å². The van der Waals surface area contributed by atoms with Gasteiger partial charge in [0.25, 0.3) is 0 Å². The maximum Gasteiger partial charge on any atom is 0.193 e. The van der Waals surface area contributed by atoms with Gasteiger partial charge in [0, 0.05) is 6.07 Å². The molecule has 0 fully saturated rings. The lowest BCUT2D eigenvalue weighted by atomic mass is 10.2. The number of methoxy groups -OCH3 is 1. The van der Waals surface area contributed by atoms with E-state index in [0.29, 0.717) is 36.0 Å². The summed E-state index contributed by atoms with van der Waals surface area (Å²) >= 11 is 0. The molecule has 0 unspecified atom stereocenters. The van der Waals surface area contributed by atoms with E-state index in [1.807, 2.05) is 26.0 Å². The first kappa shape index (κ1) is 22.8. The Morgan fingerprint density at radius 3 is 2.41 bits per heavy atom. The van der Waals surface area contributed by atoms with E-state index in [0.717, 1.165) is 0 Å². The highest BCUT2D eigenvalue weighted by atomic mass is 127. The average Bonchev–Trinajstić information content (AvgIpc) is 2.62. The lowest BCUT2D eigenvalue weighted by Crippen LogP contribution is -2.23. The SMILES string of the molecule is CCOc1ccc(OCC)c(NC(N)=NCc2ccc(OC)c(F)c2)c1.I. The van der Waals surface area contributed by atoms with E-state index in [1.165, 1.54) is 13.2 Å². The average molecular weight is 489 g/mol. The normalized spacial score (nSPS) is 10.7. The molecule has 0 aromatic heterocycles. The summed E-state index contributed by atoms with van der Waals surface area (Å²) in [5.74, 6) is 1.29. The van der Waals surface area contributed by atoms with Crippen LogP contribution in [0.15, 0.2) is 41.4 Å². The summed E-state index contributed by atoms with van der Waals surface area (Å²) in [5, 5.41) is 3.01. The van der Waals surface area contributed by atoms with Gasteiger partial charge in [-0.05, 0) is 43.7 Å². The maximum atomic E-state index is 13.7. The van der Waals surface area contributed by atoms with Crippen LogP contribution in [0.5, 0.6) is 17.2 Å². The van der Waals surface area contributed by atoms with Gasteiger partial charge in [0.15, 0.2) is 17.5 Å². The van der Waals surface area contributed by atoms with Crippen LogP contribution in [0.25, 0.3) is 0 Å². The standard InChI is InChI=1S/C19H24FN3O3.HI/c1-4-25-14-7-9-18(26-5-2)16(11-14)23-19(21)22-12-13-6-8-17(24-3)15(20)10-13;/h6-11H,4-5,12H2,1-3H3,(H3,21,22,23);1H. The number of hydrogen-bond acceptors (Lipinski definition) is 4. The molecule has 2 rings (SSSR count). The van der Waals surface area contributed by atoms with E-state index in [1.54, 1.807) is 18.2 Å². The van der Waals surface area contributed by atoms with Gasteiger partial charge < -0.3 is 25.3 Å². The van der Waals surface area contributed by atoms with Crippen molar-refractivity contribution in [3.05, 3.63) is 47.8 Å². The van der Waals surface area contributed by atoms with E-state index in [2.05, 4.69) is 10.3 Å². The third kappa shape index (κ3) is 6.78. The highest BCUT2D eigenvalue weighted by Crippen LogP contribution is 2.29. The Labute approximate surface area is 175 Å². The van der Waals surface area contributed by atoms with Crippen molar-refractivity contribution < 1.29 is 18.6 Å². The fraction of sp³-hybridized carbons (Fsp3) is 0.316. The summed E-state index contributed by atoms with van der Waals surface area (Å²) in [6.07, 6.45) is 0. The van der Waals surface area contributed by atoms with Gasteiger partial charge in [0.1, 0.15) is 11.5 Å². The van der Waals surface area contributed by atoms with Crippen molar-refractivity contribution in [2.24, 2.45) is 10.7 Å². The zero-order valence-electron chi connectivity index (χ0n) is 15.6. The largest absolute Gasteiger partial charge is 0.494 e. The zero-order chi connectivity index (χ0) is 18.9. The Bertz CT molecular complexity index is 772. The molecule has 0 saturated carbocycles. The number of guanidine groups is 1. The minimum atomic E-state index is -0.435. The van der Waals surface area contributed by atoms with Crippen molar-refractivity contribution in [2.45, 2.75) is 20.4 Å². The highest BCUT2D eigenvalue weighted by molar-refractivity contribution is 14.0. The van der Waals surface area contributed by atoms with Gasteiger partial charge in [0.2, 0.25) is 0 Å². The van der Waals surface area contributed by atoms with Crippen LogP contribution >= 0.6 is 24.0 Å². The van der Waals surface area contributed by atoms with Crippen LogP contribution in [0.2, 0.25) is 0 Å². The Hall–Kier alpha value is -2.23. The van der Waals surface area contributed by atoms with Crippen LogP contribution in [-0.2, 0) is 6.54 Å². The van der Waals surface area contributed by atoms with Gasteiger partial charge in [0.05, 0.1) is 32.6 Å². The number of nitrogens with zero attached hydrogens (tertiary/aromatic N) is 1. The lowest BCUT2D eigenvalue weighted by Gasteiger charge is -2.14. The van der Waals surface area contributed by atoms with Crippen LogP contribution in [0.1, 0.15) is 19.4 Å². The first-order valence-electron chi connectivity index (χ1n) is 8.36. The molecule has 0 heterocycles. The zero-order valence-corrected chi connectivity index (χ0v) is 18.0. The molecule has 6 nitrogen and oxygen atoms in total. The molecule has 27 heavy (non-hydrogen) atoms. The number of aliphatic imine (C=N–C) groups is 1. The number of benzene rings is 2.